The van der Waals surface area contributed by atoms with Crippen LogP contribution in [0.25, 0.3) is 10.9 Å². The van der Waals surface area contributed by atoms with Crippen LogP contribution < -0.4 is 0 Å². The van der Waals surface area contributed by atoms with Gasteiger partial charge in [-0.2, -0.15) is 0 Å². The second-order valence-electron chi connectivity index (χ2n) is 9.81. The van der Waals surface area contributed by atoms with E-state index in [1.165, 1.54) is 23.2 Å². The molecule has 2 amide bonds. The van der Waals surface area contributed by atoms with Crippen molar-refractivity contribution in [2.24, 2.45) is 0 Å². The summed E-state index contributed by atoms with van der Waals surface area (Å²) in [4.78, 5) is 47.5. The van der Waals surface area contributed by atoms with Crippen molar-refractivity contribution in [1.29, 1.82) is 0 Å². The lowest BCUT2D eigenvalue weighted by Crippen LogP contribution is -2.53. The predicted octanol–water partition coefficient (Wildman–Crippen LogP) is 3.08. The highest BCUT2D eigenvalue weighted by atomic mass is 35.5. The summed E-state index contributed by atoms with van der Waals surface area (Å²) in [5.74, 6) is -1.88. The third-order valence-corrected chi connectivity index (χ3v) is 7.49. The molecule has 10 heteroatoms. The Hall–Kier alpha value is -3.27. The van der Waals surface area contributed by atoms with Gasteiger partial charge in [-0.1, -0.05) is 23.7 Å². The molecule has 0 bridgehead atoms. The number of β-amino-alcohol motifs (C(OH)–C–C–N with tert-alkyl or cyclic N) is 1. The number of carbonyl (C=O) groups excluding carboxylic acids is 3. The normalized spacial score (nSPS) is 20.5. The number of aromatic amines is 1. The Morgan fingerprint density at radius 1 is 1.08 bits per heavy atom. The van der Waals surface area contributed by atoms with Crippen molar-refractivity contribution in [3.63, 3.8) is 0 Å². The van der Waals surface area contributed by atoms with Crippen LogP contribution in [0.2, 0.25) is 5.02 Å². The number of likely N-dealkylation sites (tertiary alicyclic amines) is 1. The number of fused-ring (bicyclic) bond motifs is 1. The number of aliphatic hydroxyl groups excluding tert-OH is 1. The van der Waals surface area contributed by atoms with Crippen molar-refractivity contribution in [2.75, 3.05) is 32.7 Å². The molecule has 8 nitrogen and oxygen atoms in total. The molecule has 2 saturated heterocycles. The van der Waals surface area contributed by atoms with E-state index in [0.29, 0.717) is 50.0 Å². The highest BCUT2D eigenvalue weighted by Gasteiger charge is 2.32. The summed E-state index contributed by atoms with van der Waals surface area (Å²) < 4.78 is 13.2. The van der Waals surface area contributed by atoms with Crippen molar-refractivity contribution in [3.05, 3.63) is 70.1 Å². The fourth-order valence-electron chi connectivity index (χ4n) is 5.16. The Bertz CT molecular complexity index is 1360. The van der Waals surface area contributed by atoms with Gasteiger partial charge in [0.05, 0.1) is 22.3 Å². The van der Waals surface area contributed by atoms with Gasteiger partial charge in [0, 0.05) is 62.4 Å². The van der Waals surface area contributed by atoms with E-state index in [9.17, 15) is 23.9 Å². The minimum absolute atomic E-state index is 0.0936. The fourth-order valence-corrected chi connectivity index (χ4v) is 5.41. The van der Waals surface area contributed by atoms with Gasteiger partial charge < -0.3 is 19.9 Å². The zero-order chi connectivity index (χ0) is 26.3. The highest BCUT2D eigenvalue weighted by Crippen LogP contribution is 2.29. The number of aromatic nitrogens is 1. The quantitative estimate of drug-likeness (QED) is 0.393. The molecule has 0 aliphatic carbocycles. The van der Waals surface area contributed by atoms with Gasteiger partial charge in [0.15, 0.2) is 0 Å². The van der Waals surface area contributed by atoms with Gasteiger partial charge in [-0.3, -0.25) is 19.3 Å². The number of H-pyrrole nitrogens is 1. The molecule has 0 unspecified atom stereocenters. The minimum Gasteiger partial charge on any atom is -0.391 e. The van der Waals surface area contributed by atoms with Gasteiger partial charge in [0.2, 0.25) is 0 Å². The first-order valence-electron chi connectivity index (χ1n) is 12.3. The van der Waals surface area contributed by atoms with Crippen molar-refractivity contribution >= 4 is 40.1 Å². The number of hydrogen-bond acceptors (Lipinski definition) is 5. The number of hydrogen-bond donors (Lipinski definition) is 2. The van der Waals surface area contributed by atoms with Gasteiger partial charge >= 0.3 is 0 Å². The Balaban J connectivity index is 1.33. The number of aliphatic hydroxyl groups is 1. The summed E-state index contributed by atoms with van der Waals surface area (Å²) in [5.41, 5.74) is 2.00. The lowest BCUT2D eigenvalue weighted by atomic mass is 10.0. The summed E-state index contributed by atoms with van der Waals surface area (Å²) in [5, 5.41) is 10.4. The summed E-state index contributed by atoms with van der Waals surface area (Å²) >= 11 is 6.49. The molecule has 2 fully saturated rings. The van der Waals surface area contributed by atoms with E-state index in [0.717, 1.165) is 5.56 Å². The second-order valence-corrected chi connectivity index (χ2v) is 10.2. The van der Waals surface area contributed by atoms with Crippen LogP contribution in [0.3, 0.4) is 0 Å². The van der Waals surface area contributed by atoms with Crippen LogP contribution in [0.15, 0.2) is 42.6 Å². The average Bonchev–Trinajstić information content (AvgIpc) is 3.49. The molecule has 194 valence electrons. The monoisotopic (exact) mass is 526 g/mol. The Labute approximate surface area is 218 Å². The van der Waals surface area contributed by atoms with E-state index in [-0.39, 0.29) is 40.5 Å². The molecule has 3 aromatic rings. The highest BCUT2D eigenvalue weighted by molar-refractivity contribution is 6.45. The number of carbonyl (C=O) groups is 3. The number of ketones is 1. The average molecular weight is 527 g/mol. The maximum Gasteiger partial charge on any atom is 0.295 e. The van der Waals surface area contributed by atoms with Crippen LogP contribution in [0, 0.1) is 5.82 Å². The first-order valence-corrected chi connectivity index (χ1v) is 12.7. The van der Waals surface area contributed by atoms with Crippen LogP contribution >= 0.6 is 11.6 Å². The third kappa shape index (κ3) is 5.12. The third-order valence-electron chi connectivity index (χ3n) is 7.18. The first-order chi connectivity index (χ1) is 17.7. The molecule has 0 radical (unpaired) electrons. The number of rotatable bonds is 5. The van der Waals surface area contributed by atoms with E-state index in [4.69, 9.17) is 11.6 Å². The van der Waals surface area contributed by atoms with Crippen molar-refractivity contribution in [2.45, 2.75) is 32.0 Å². The molecule has 2 aliphatic heterocycles. The smallest absolute Gasteiger partial charge is 0.295 e. The van der Waals surface area contributed by atoms with Crippen LogP contribution in [0.1, 0.15) is 39.6 Å². The Kier molecular flexibility index (Phi) is 7.02. The predicted molar refractivity (Wildman–Crippen MR) is 137 cm³/mol. The number of amides is 2. The molecular formula is C27H28ClFN4O4. The molecule has 1 aromatic heterocycles. The minimum atomic E-state index is -0.691. The SMILES string of the molecule is C[C@@H]1CN(Cc2ccc(F)cc2)CCN1C(=O)c1cc2c(C(=O)C(=O)N3CC[C@H](O)C3)c[nH]c2cc1Cl. The van der Waals surface area contributed by atoms with Gasteiger partial charge in [-0.05, 0) is 43.2 Å². The number of halogens is 2. The van der Waals surface area contributed by atoms with Crippen LogP contribution in [-0.2, 0) is 11.3 Å². The standard InChI is InChI=1S/C27H28ClFN4O4/c1-16-13-31(14-17-2-4-18(29)5-3-17)8-9-33(16)26(36)21-10-20-22(12-30-24(20)11-23(21)28)25(35)27(37)32-7-6-19(34)15-32/h2-5,10-12,16,19,30,34H,6-9,13-15H2,1H3/t16-,19+/m1/s1. The molecule has 3 heterocycles. The summed E-state index contributed by atoms with van der Waals surface area (Å²) in [7, 11) is 0. The summed E-state index contributed by atoms with van der Waals surface area (Å²) in [6, 6.07) is 9.49. The van der Waals surface area contributed by atoms with Crippen LogP contribution in [0.5, 0.6) is 0 Å². The van der Waals surface area contributed by atoms with Crippen LogP contribution in [0.4, 0.5) is 4.39 Å². The van der Waals surface area contributed by atoms with Gasteiger partial charge in [0.25, 0.3) is 17.6 Å². The molecule has 2 aliphatic rings. The molecule has 5 rings (SSSR count). The number of benzene rings is 2. The number of nitrogens with zero attached hydrogens (tertiary/aromatic N) is 3. The molecule has 2 N–H and O–H groups in total. The van der Waals surface area contributed by atoms with Gasteiger partial charge in [-0.15, -0.1) is 0 Å². The lowest BCUT2D eigenvalue weighted by Gasteiger charge is -2.40. The molecule has 2 aromatic carbocycles. The lowest BCUT2D eigenvalue weighted by molar-refractivity contribution is -0.125. The maximum absolute atomic E-state index is 13.5. The van der Waals surface area contributed by atoms with E-state index < -0.39 is 17.8 Å². The van der Waals surface area contributed by atoms with E-state index >= 15 is 0 Å². The zero-order valence-electron chi connectivity index (χ0n) is 20.4. The Morgan fingerprint density at radius 3 is 2.51 bits per heavy atom. The fraction of sp³-hybridized carbons (Fsp3) is 0.370. The molecule has 2 atom stereocenters. The number of nitrogens with one attached hydrogen (secondary N) is 1. The molecular weight excluding hydrogens is 499 g/mol. The number of Topliss-reactive ketones (excluding diaryl/α,β-unsaturated/α-hetero) is 1. The first kappa shape index (κ1) is 25.4. The molecule has 0 spiro atoms. The van der Waals surface area contributed by atoms with Crippen molar-refractivity contribution in [1.82, 2.24) is 19.7 Å². The van der Waals surface area contributed by atoms with Gasteiger partial charge in [0.1, 0.15) is 5.82 Å². The van der Waals surface area contributed by atoms with E-state index in [1.807, 2.05) is 6.92 Å². The summed E-state index contributed by atoms with van der Waals surface area (Å²) in [6.45, 7) is 4.88. The van der Waals surface area contributed by atoms with E-state index in [2.05, 4.69) is 9.88 Å². The van der Waals surface area contributed by atoms with E-state index in [1.54, 1.807) is 29.2 Å². The Morgan fingerprint density at radius 2 is 1.84 bits per heavy atom. The number of piperazine rings is 1. The molecule has 0 saturated carbocycles. The maximum atomic E-state index is 13.5. The van der Waals surface area contributed by atoms with Crippen molar-refractivity contribution in [3.8, 4) is 0 Å². The second kappa shape index (κ2) is 10.2. The zero-order valence-corrected chi connectivity index (χ0v) is 21.2. The largest absolute Gasteiger partial charge is 0.391 e. The topological polar surface area (TPSA) is 97.0 Å². The summed E-state index contributed by atoms with van der Waals surface area (Å²) in [6.07, 6.45) is 1.27. The van der Waals surface area contributed by atoms with Crippen LogP contribution in [-0.4, -0.2) is 87.3 Å². The van der Waals surface area contributed by atoms with Gasteiger partial charge in [-0.25, -0.2) is 4.39 Å². The van der Waals surface area contributed by atoms with Crippen molar-refractivity contribution < 1.29 is 23.9 Å². The molecule has 37 heavy (non-hydrogen) atoms.